The van der Waals surface area contributed by atoms with E-state index >= 15 is 0 Å². The minimum absolute atomic E-state index is 0.423. The fourth-order valence-electron chi connectivity index (χ4n) is 2.66. The van der Waals surface area contributed by atoms with Crippen molar-refractivity contribution < 1.29 is 4.74 Å². The summed E-state index contributed by atoms with van der Waals surface area (Å²) in [7, 11) is 1.77. The lowest BCUT2D eigenvalue weighted by Gasteiger charge is -2.17. The van der Waals surface area contributed by atoms with Crippen LogP contribution in [0.4, 0.5) is 11.4 Å². The second-order valence-corrected chi connectivity index (χ2v) is 5.72. The smallest absolute Gasteiger partial charge is 0.0468 e. The van der Waals surface area contributed by atoms with Gasteiger partial charge in [-0.1, -0.05) is 0 Å². The van der Waals surface area contributed by atoms with Gasteiger partial charge >= 0.3 is 0 Å². The summed E-state index contributed by atoms with van der Waals surface area (Å²) in [6.45, 7) is 1.83. The van der Waals surface area contributed by atoms with Crippen molar-refractivity contribution in [2.45, 2.75) is 19.3 Å². The Kier molecular flexibility index (Phi) is 3.49. The molecule has 0 atom stereocenters. The zero-order valence-electron chi connectivity index (χ0n) is 11.9. The number of rotatable bonds is 6. The Balaban J connectivity index is 1.77. The number of methoxy groups -OCH3 is 1. The van der Waals surface area contributed by atoms with Crippen LogP contribution in [0.3, 0.4) is 0 Å². The Morgan fingerprint density at radius 2 is 2.15 bits per heavy atom. The lowest BCUT2D eigenvalue weighted by molar-refractivity contribution is 0.175. The summed E-state index contributed by atoms with van der Waals surface area (Å²) in [5, 5.41) is 5.73. The molecule has 106 valence electrons. The van der Waals surface area contributed by atoms with Crippen molar-refractivity contribution in [2.75, 3.05) is 31.3 Å². The normalized spacial score (nSPS) is 16.2. The number of anilines is 2. The molecule has 0 spiro atoms. The molecule has 1 aliphatic rings. The van der Waals surface area contributed by atoms with Gasteiger partial charge in [0.25, 0.3) is 0 Å². The first-order chi connectivity index (χ1) is 9.74. The van der Waals surface area contributed by atoms with Crippen LogP contribution in [0.2, 0.25) is 0 Å². The lowest BCUT2D eigenvalue weighted by atomic mass is 10.0. The highest BCUT2D eigenvalue weighted by Crippen LogP contribution is 2.48. The summed E-state index contributed by atoms with van der Waals surface area (Å²) in [6.07, 6.45) is 7.36. The molecule has 1 aliphatic carbocycles. The number of ether oxygens (including phenoxy) is 1. The first-order valence-corrected chi connectivity index (χ1v) is 7.09. The second kappa shape index (κ2) is 5.29. The third kappa shape index (κ3) is 2.56. The zero-order valence-corrected chi connectivity index (χ0v) is 11.9. The standard InChI is InChI=1S/C16H21N3O/c1-20-9-7-16(5-6-16)11-19-15-3-2-14(17)12-4-8-18-10-13(12)15/h2-4,8,10,19H,5-7,9,11,17H2,1H3. The van der Waals surface area contributed by atoms with Gasteiger partial charge in [-0.3, -0.25) is 4.98 Å². The predicted molar refractivity (Wildman–Crippen MR) is 82.8 cm³/mol. The number of nitrogens with one attached hydrogen (secondary N) is 1. The second-order valence-electron chi connectivity index (χ2n) is 5.72. The molecule has 0 unspecified atom stereocenters. The Morgan fingerprint density at radius 1 is 1.30 bits per heavy atom. The average molecular weight is 271 g/mol. The molecule has 0 aliphatic heterocycles. The Morgan fingerprint density at radius 3 is 2.90 bits per heavy atom. The van der Waals surface area contributed by atoms with Gasteiger partial charge in [-0.2, -0.15) is 0 Å². The van der Waals surface area contributed by atoms with E-state index in [1.54, 1.807) is 13.3 Å². The van der Waals surface area contributed by atoms with E-state index in [0.29, 0.717) is 5.41 Å². The summed E-state index contributed by atoms with van der Waals surface area (Å²) in [5.41, 5.74) is 8.35. The van der Waals surface area contributed by atoms with Crippen molar-refractivity contribution in [3.63, 3.8) is 0 Å². The van der Waals surface area contributed by atoms with Crippen LogP contribution in [0.25, 0.3) is 10.8 Å². The number of pyridine rings is 1. The van der Waals surface area contributed by atoms with Crippen LogP contribution in [0, 0.1) is 5.41 Å². The van der Waals surface area contributed by atoms with E-state index in [2.05, 4.69) is 10.3 Å². The van der Waals surface area contributed by atoms with Crippen molar-refractivity contribution in [1.29, 1.82) is 0 Å². The molecule has 1 fully saturated rings. The monoisotopic (exact) mass is 271 g/mol. The molecule has 4 heteroatoms. The van der Waals surface area contributed by atoms with Crippen molar-refractivity contribution in [1.82, 2.24) is 4.98 Å². The molecule has 1 saturated carbocycles. The molecule has 1 aromatic carbocycles. The van der Waals surface area contributed by atoms with E-state index in [0.717, 1.165) is 41.7 Å². The number of fused-ring (bicyclic) bond motifs is 1. The highest BCUT2D eigenvalue weighted by atomic mass is 16.5. The molecular formula is C16H21N3O. The van der Waals surface area contributed by atoms with E-state index in [1.807, 2.05) is 24.4 Å². The van der Waals surface area contributed by atoms with E-state index in [4.69, 9.17) is 10.5 Å². The zero-order chi connectivity index (χ0) is 14.0. The van der Waals surface area contributed by atoms with Gasteiger partial charge < -0.3 is 15.8 Å². The maximum Gasteiger partial charge on any atom is 0.0468 e. The predicted octanol–water partition coefficient (Wildman–Crippen LogP) is 3.05. The van der Waals surface area contributed by atoms with E-state index in [-0.39, 0.29) is 0 Å². The van der Waals surface area contributed by atoms with Gasteiger partial charge in [0.1, 0.15) is 0 Å². The van der Waals surface area contributed by atoms with Gasteiger partial charge in [-0.15, -0.1) is 0 Å². The Bertz CT molecular complexity index is 608. The summed E-state index contributed by atoms with van der Waals surface area (Å²) < 4.78 is 5.20. The Hall–Kier alpha value is -1.81. The molecule has 0 radical (unpaired) electrons. The SMILES string of the molecule is COCCC1(CNc2ccc(N)c3ccncc23)CC1. The average Bonchev–Trinajstić information content (AvgIpc) is 3.25. The van der Waals surface area contributed by atoms with Crippen LogP contribution >= 0.6 is 0 Å². The maximum absolute atomic E-state index is 6.01. The molecular weight excluding hydrogens is 250 g/mol. The topological polar surface area (TPSA) is 60.2 Å². The quantitative estimate of drug-likeness (QED) is 0.793. The molecule has 1 aromatic heterocycles. The van der Waals surface area contributed by atoms with Crippen LogP contribution in [-0.2, 0) is 4.74 Å². The van der Waals surface area contributed by atoms with Crippen molar-refractivity contribution >= 4 is 22.1 Å². The molecule has 20 heavy (non-hydrogen) atoms. The lowest BCUT2D eigenvalue weighted by Crippen LogP contribution is -2.17. The number of aromatic nitrogens is 1. The fourth-order valence-corrected chi connectivity index (χ4v) is 2.66. The van der Waals surface area contributed by atoms with Crippen LogP contribution in [0.5, 0.6) is 0 Å². The molecule has 2 aromatic rings. The van der Waals surface area contributed by atoms with Crippen LogP contribution in [-0.4, -0.2) is 25.2 Å². The maximum atomic E-state index is 6.01. The van der Waals surface area contributed by atoms with E-state index in [9.17, 15) is 0 Å². The van der Waals surface area contributed by atoms with Gasteiger partial charge in [0.2, 0.25) is 0 Å². The van der Waals surface area contributed by atoms with Crippen molar-refractivity contribution in [3.05, 3.63) is 30.6 Å². The van der Waals surface area contributed by atoms with Crippen LogP contribution < -0.4 is 11.1 Å². The van der Waals surface area contributed by atoms with Crippen molar-refractivity contribution in [2.24, 2.45) is 5.41 Å². The fraction of sp³-hybridized carbons (Fsp3) is 0.438. The summed E-state index contributed by atoms with van der Waals surface area (Å²) in [6, 6.07) is 5.97. The minimum Gasteiger partial charge on any atom is -0.398 e. The molecule has 3 N–H and O–H groups in total. The van der Waals surface area contributed by atoms with Crippen LogP contribution in [0.15, 0.2) is 30.6 Å². The number of nitrogens with zero attached hydrogens (tertiary/aromatic N) is 1. The van der Waals surface area contributed by atoms with Crippen molar-refractivity contribution in [3.8, 4) is 0 Å². The third-order valence-electron chi connectivity index (χ3n) is 4.30. The molecule has 0 saturated heterocycles. The van der Waals surface area contributed by atoms with Gasteiger partial charge in [0.05, 0.1) is 0 Å². The largest absolute Gasteiger partial charge is 0.398 e. The highest BCUT2D eigenvalue weighted by molar-refractivity contribution is 6.00. The Labute approximate surface area is 119 Å². The third-order valence-corrected chi connectivity index (χ3v) is 4.30. The number of nitrogens with two attached hydrogens (primary N) is 1. The summed E-state index contributed by atoms with van der Waals surface area (Å²) in [5.74, 6) is 0. The minimum atomic E-state index is 0.423. The molecule has 0 bridgehead atoms. The van der Waals surface area contributed by atoms with Gasteiger partial charge in [-0.25, -0.2) is 0 Å². The molecule has 3 rings (SSSR count). The van der Waals surface area contributed by atoms with E-state index < -0.39 is 0 Å². The number of benzene rings is 1. The summed E-state index contributed by atoms with van der Waals surface area (Å²) >= 11 is 0. The highest BCUT2D eigenvalue weighted by Gasteiger charge is 2.41. The van der Waals surface area contributed by atoms with E-state index in [1.165, 1.54) is 12.8 Å². The molecule has 1 heterocycles. The summed E-state index contributed by atoms with van der Waals surface area (Å²) in [4.78, 5) is 4.21. The van der Waals surface area contributed by atoms with Gasteiger partial charge in [-0.05, 0) is 42.9 Å². The number of hydrogen-bond donors (Lipinski definition) is 2. The number of hydrogen-bond acceptors (Lipinski definition) is 4. The van der Waals surface area contributed by atoms with Gasteiger partial charge in [0.15, 0.2) is 0 Å². The van der Waals surface area contributed by atoms with Crippen LogP contribution in [0.1, 0.15) is 19.3 Å². The van der Waals surface area contributed by atoms with Gasteiger partial charge in [0, 0.05) is 54.8 Å². The molecule has 0 amide bonds. The first-order valence-electron chi connectivity index (χ1n) is 7.09. The number of nitrogen functional groups attached to an aromatic ring is 1. The molecule has 4 nitrogen and oxygen atoms in total. The first kappa shape index (κ1) is 13.2.